The predicted molar refractivity (Wildman–Crippen MR) is 64.3 cm³/mol. The third-order valence-electron chi connectivity index (χ3n) is 2.91. The van der Waals surface area contributed by atoms with E-state index in [1.165, 1.54) is 6.33 Å². The van der Waals surface area contributed by atoms with Crippen LogP contribution in [0.1, 0.15) is 31.6 Å². The Balaban J connectivity index is 2.04. The summed E-state index contributed by atoms with van der Waals surface area (Å²) in [5.41, 5.74) is 0. The van der Waals surface area contributed by atoms with Gasteiger partial charge in [-0.1, -0.05) is 6.92 Å². The number of aromatic nitrogens is 3. The Bertz CT molecular complexity index is 468. The van der Waals surface area contributed by atoms with Crippen LogP contribution in [-0.4, -0.2) is 41.2 Å². The molecule has 6 nitrogen and oxygen atoms in total. The van der Waals surface area contributed by atoms with Crippen molar-refractivity contribution in [3.05, 3.63) is 12.2 Å². The zero-order chi connectivity index (χ0) is 12.3. The van der Waals surface area contributed by atoms with Gasteiger partial charge in [-0.15, -0.1) is 0 Å². The van der Waals surface area contributed by atoms with Gasteiger partial charge in [0.25, 0.3) is 0 Å². The van der Waals surface area contributed by atoms with Gasteiger partial charge in [-0.25, -0.2) is 18.1 Å². The Morgan fingerprint density at radius 2 is 2.41 bits per heavy atom. The maximum atomic E-state index is 11.4. The van der Waals surface area contributed by atoms with E-state index in [9.17, 15) is 8.42 Å². The minimum absolute atomic E-state index is 0.0408. The number of hydrogen-bond acceptors (Lipinski definition) is 5. The number of nitrogens with zero attached hydrogens (tertiary/aromatic N) is 3. The molecular weight excluding hydrogens is 240 g/mol. The van der Waals surface area contributed by atoms with Crippen LogP contribution in [0.3, 0.4) is 0 Å². The third kappa shape index (κ3) is 3.04. The highest BCUT2D eigenvalue weighted by Crippen LogP contribution is 2.23. The van der Waals surface area contributed by atoms with E-state index in [2.05, 4.69) is 22.3 Å². The standard InChI is InChI=1S/C10H18N4O2S/c1-2-4-11-6-10-12-8-13-14(10)9-3-5-17(15,16)7-9/h8-9,11H,2-7H2,1H3. The molecule has 0 aromatic carbocycles. The summed E-state index contributed by atoms with van der Waals surface area (Å²) in [6.07, 6.45) is 3.20. The van der Waals surface area contributed by atoms with Crippen molar-refractivity contribution in [1.82, 2.24) is 20.1 Å². The van der Waals surface area contributed by atoms with E-state index in [1.807, 2.05) is 0 Å². The highest BCUT2D eigenvalue weighted by atomic mass is 32.2. The molecule has 0 bridgehead atoms. The molecule has 1 atom stereocenters. The van der Waals surface area contributed by atoms with Gasteiger partial charge in [0, 0.05) is 0 Å². The molecule has 1 aromatic rings. The Morgan fingerprint density at radius 1 is 1.59 bits per heavy atom. The molecule has 17 heavy (non-hydrogen) atoms. The summed E-state index contributed by atoms with van der Waals surface area (Å²) < 4.78 is 24.6. The quantitative estimate of drug-likeness (QED) is 0.760. The van der Waals surface area contributed by atoms with Gasteiger partial charge in [0.2, 0.25) is 0 Å². The van der Waals surface area contributed by atoms with Crippen molar-refractivity contribution in [1.29, 1.82) is 0 Å². The van der Waals surface area contributed by atoms with Crippen molar-refractivity contribution in [2.75, 3.05) is 18.1 Å². The zero-order valence-corrected chi connectivity index (χ0v) is 10.8. The molecule has 0 aliphatic carbocycles. The summed E-state index contributed by atoms with van der Waals surface area (Å²) in [7, 11) is -2.87. The van der Waals surface area contributed by atoms with E-state index >= 15 is 0 Å². The molecule has 7 heteroatoms. The summed E-state index contributed by atoms with van der Waals surface area (Å²) in [6.45, 7) is 3.67. The molecule has 1 fully saturated rings. The number of sulfone groups is 1. The SMILES string of the molecule is CCCNCc1ncnn1C1CCS(=O)(=O)C1. The fourth-order valence-electron chi connectivity index (χ4n) is 2.05. The molecule has 2 heterocycles. The monoisotopic (exact) mass is 258 g/mol. The average Bonchev–Trinajstić information content (AvgIpc) is 2.85. The molecule has 0 saturated carbocycles. The second-order valence-corrected chi connectivity index (χ2v) is 6.58. The molecule has 1 aliphatic rings. The van der Waals surface area contributed by atoms with Gasteiger partial charge in [-0.05, 0) is 19.4 Å². The molecule has 0 spiro atoms. The van der Waals surface area contributed by atoms with Gasteiger partial charge in [0.1, 0.15) is 12.2 Å². The van der Waals surface area contributed by atoms with Crippen LogP contribution in [0.2, 0.25) is 0 Å². The minimum atomic E-state index is -2.87. The first-order chi connectivity index (χ1) is 8.12. The van der Waals surface area contributed by atoms with Crippen molar-refractivity contribution >= 4 is 9.84 Å². The van der Waals surface area contributed by atoms with E-state index in [0.717, 1.165) is 18.8 Å². The largest absolute Gasteiger partial charge is 0.310 e. The van der Waals surface area contributed by atoms with Crippen LogP contribution in [0.4, 0.5) is 0 Å². The van der Waals surface area contributed by atoms with Crippen LogP contribution >= 0.6 is 0 Å². The van der Waals surface area contributed by atoms with E-state index in [1.54, 1.807) is 4.68 Å². The molecule has 1 saturated heterocycles. The Kier molecular flexibility index (Phi) is 3.78. The Hall–Kier alpha value is -0.950. The maximum absolute atomic E-state index is 11.4. The summed E-state index contributed by atoms with van der Waals surface area (Å²) in [4.78, 5) is 4.17. The Labute approximate surface area is 101 Å². The predicted octanol–water partition coefficient (Wildman–Crippen LogP) is 0.137. The summed E-state index contributed by atoms with van der Waals surface area (Å²) >= 11 is 0. The van der Waals surface area contributed by atoms with E-state index < -0.39 is 9.84 Å². The van der Waals surface area contributed by atoms with Crippen LogP contribution in [-0.2, 0) is 16.4 Å². The smallest absolute Gasteiger partial charge is 0.152 e. The third-order valence-corrected chi connectivity index (χ3v) is 4.66. The van der Waals surface area contributed by atoms with Gasteiger partial charge in [-0.3, -0.25) is 0 Å². The molecule has 1 aromatic heterocycles. The summed E-state index contributed by atoms with van der Waals surface area (Å²) in [6, 6.07) is -0.0408. The molecule has 2 rings (SSSR count). The second kappa shape index (κ2) is 5.14. The van der Waals surface area contributed by atoms with Crippen molar-refractivity contribution in [2.24, 2.45) is 0 Å². The molecule has 0 radical (unpaired) electrons. The lowest BCUT2D eigenvalue weighted by molar-refractivity contribution is 0.465. The summed E-state index contributed by atoms with van der Waals surface area (Å²) in [5.74, 6) is 1.27. The number of rotatable bonds is 5. The molecular formula is C10H18N4O2S. The fraction of sp³-hybridized carbons (Fsp3) is 0.800. The highest BCUT2D eigenvalue weighted by Gasteiger charge is 2.30. The van der Waals surface area contributed by atoms with Gasteiger partial charge in [0.05, 0.1) is 24.1 Å². The van der Waals surface area contributed by atoms with Crippen molar-refractivity contribution < 1.29 is 8.42 Å². The molecule has 1 N–H and O–H groups in total. The van der Waals surface area contributed by atoms with E-state index in [0.29, 0.717) is 13.0 Å². The van der Waals surface area contributed by atoms with Crippen LogP contribution in [0, 0.1) is 0 Å². The van der Waals surface area contributed by atoms with Crippen LogP contribution in [0.25, 0.3) is 0 Å². The first-order valence-electron chi connectivity index (χ1n) is 5.92. The average molecular weight is 258 g/mol. The van der Waals surface area contributed by atoms with Crippen LogP contribution in [0.15, 0.2) is 6.33 Å². The van der Waals surface area contributed by atoms with E-state index in [4.69, 9.17) is 0 Å². The number of hydrogen-bond donors (Lipinski definition) is 1. The maximum Gasteiger partial charge on any atom is 0.152 e. The Morgan fingerprint density at radius 3 is 3.06 bits per heavy atom. The van der Waals surface area contributed by atoms with Gasteiger partial charge < -0.3 is 5.32 Å². The minimum Gasteiger partial charge on any atom is -0.310 e. The first kappa shape index (κ1) is 12.5. The first-order valence-corrected chi connectivity index (χ1v) is 7.74. The van der Waals surface area contributed by atoms with Crippen molar-refractivity contribution in [3.63, 3.8) is 0 Å². The molecule has 1 aliphatic heterocycles. The highest BCUT2D eigenvalue weighted by molar-refractivity contribution is 7.91. The molecule has 0 amide bonds. The van der Waals surface area contributed by atoms with Crippen molar-refractivity contribution in [2.45, 2.75) is 32.4 Å². The van der Waals surface area contributed by atoms with E-state index in [-0.39, 0.29) is 17.5 Å². The topological polar surface area (TPSA) is 76.9 Å². The zero-order valence-electron chi connectivity index (χ0n) is 9.96. The van der Waals surface area contributed by atoms with Crippen molar-refractivity contribution in [3.8, 4) is 0 Å². The van der Waals surface area contributed by atoms with Crippen LogP contribution in [0.5, 0.6) is 0 Å². The van der Waals surface area contributed by atoms with Crippen LogP contribution < -0.4 is 5.32 Å². The normalized spacial score (nSPS) is 23.0. The summed E-state index contributed by atoms with van der Waals surface area (Å²) in [5, 5.41) is 7.39. The lowest BCUT2D eigenvalue weighted by Crippen LogP contribution is -2.21. The van der Waals surface area contributed by atoms with Gasteiger partial charge in [-0.2, -0.15) is 5.10 Å². The molecule has 1 unspecified atom stereocenters. The van der Waals surface area contributed by atoms with Gasteiger partial charge >= 0.3 is 0 Å². The second-order valence-electron chi connectivity index (χ2n) is 4.35. The lowest BCUT2D eigenvalue weighted by Gasteiger charge is -2.11. The molecule has 96 valence electrons. The van der Waals surface area contributed by atoms with Gasteiger partial charge in [0.15, 0.2) is 9.84 Å². The number of nitrogens with one attached hydrogen (secondary N) is 1. The lowest BCUT2D eigenvalue weighted by atomic mass is 10.3. The fourth-order valence-corrected chi connectivity index (χ4v) is 3.74.